The van der Waals surface area contributed by atoms with Crippen LogP contribution in [0.1, 0.15) is 53.4 Å². The number of hydrogen-bond acceptors (Lipinski definition) is 2. The molecule has 2 fully saturated rings. The Kier molecular flexibility index (Phi) is 4.38. The highest BCUT2D eigenvalue weighted by atomic mass is 15.1. The van der Waals surface area contributed by atoms with Crippen molar-refractivity contribution in [3.63, 3.8) is 0 Å². The van der Waals surface area contributed by atoms with Gasteiger partial charge < -0.3 is 10.2 Å². The zero-order valence-corrected chi connectivity index (χ0v) is 12.9. The fourth-order valence-electron chi connectivity index (χ4n) is 3.62. The van der Waals surface area contributed by atoms with Crippen molar-refractivity contribution in [1.82, 2.24) is 10.2 Å². The summed E-state index contributed by atoms with van der Waals surface area (Å²) in [5.41, 5.74) is 1.16. The van der Waals surface area contributed by atoms with Crippen molar-refractivity contribution in [2.24, 2.45) is 16.7 Å². The molecule has 2 nitrogen and oxygen atoms in total. The maximum absolute atomic E-state index is 3.58. The van der Waals surface area contributed by atoms with Crippen LogP contribution < -0.4 is 5.32 Å². The zero-order valence-electron chi connectivity index (χ0n) is 12.9. The summed E-state index contributed by atoms with van der Waals surface area (Å²) in [7, 11) is 0. The van der Waals surface area contributed by atoms with Gasteiger partial charge in [0.1, 0.15) is 0 Å². The Bertz CT molecular complexity index is 258. The smallest absolute Gasteiger partial charge is 0.00531 e. The van der Waals surface area contributed by atoms with Crippen LogP contribution >= 0.6 is 0 Å². The third-order valence-electron chi connectivity index (χ3n) is 5.96. The Morgan fingerprint density at radius 1 is 1.17 bits per heavy atom. The van der Waals surface area contributed by atoms with Crippen LogP contribution in [0.15, 0.2) is 0 Å². The lowest BCUT2D eigenvalue weighted by Crippen LogP contribution is -2.47. The quantitative estimate of drug-likeness (QED) is 0.827. The Balaban J connectivity index is 1.90. The molecule has 0 aromatic heterocycles. The highest BCUT2D eigenvalue weighted by molar-refractivity contribution is 4.94. The van der Waals surface area contributed by atoms with E-state index in [1.54, 1.807) is 0 Å². The maximum Gasteiger partial charge on any atom is 0.00531 e. The first-order valence-corrected chi connectivity index (χ1v) is 7.93. The molecule has 0 aliphatic carbocycles. The average Bonchev–Trinajstić information content (AvgIpc) is 2.82. The highest BCUT2D eigenvalue weighted by Gasteiger charge is 2.39. The van der Waals surface area contributed by atoms with Gasteiger partial charge >= 0.3 is 0 Å². The number of hydrogen-bond donors (Lipinski definition) is 1. The summed E-state index contributed by atoms with van der Waals surface area (Å²) in [6.07, 6.45) is 5.50. The van der Waals surface area contributed by atoms with Gasteiger partial charge in [0, 0.05) is 13.1 Å². The van der Waals surface area contributed by atoms with Crippen molar-refractivity contribution in [1.29, 1.82) is 0 Å². The molecule has 0 saturated carbocycles. The fourth-order valence-corrected chi connectivity index (χ4v) is 3.62. The van der Waals surface area contributed by atoms with E-state index in [1.807, 2.05) is 0 Å². The zero-order chi connectivity index (χ0) is 13.2. The van der Waals surface area contributed by atoms with E-state index in [2.05, 4.69) is 37.9 Å². The summed E-state index contributed by atoms with van der Waals surface area (Å²) in [5.74, 6) is 0.798. The first-order valence-electron chi connectivity index (χ1n) is 7.93. The topological polar surface area (TPSA) is 15.3 Å². The molecule has 0 aromatic carbocycles. The normalized spacial score (nSPS) is 33.2. The van der Waals surface area contributed by atoms with Crippen LogP contribution in [0.5, 0.6) is 0 Å². The van der Waals surface area contributed by atoms with Gasteiger partial charge in [-0.25, -0.2) is 0 Å². The lowest BCUT2D eigenvalue weighted by atomic mass is 9.74. The molecule has 2 aliphatic heterocycles. The first kappa shape index (κ1) is 14.3. The second-order valence-corrected chi connectivity index (χ2v) is 7.38. The van der Waals surface area contributed by atoms with E-state index < -0.39 is 0 Å². The standard InChI is InChI=1S/C16H32N2/c1-5-15(4)7-10-18(11-8-15)13-16(14(2)3)6-9-17-12-16/h14,17H,5-13H2,1-4H3. The molecule has 106 valence electrons. The summed E-state index contributed by atoms with van der Waals surface area (Å²) < 4.78 is 0. The molecule has 2 heteroatoms. The lowest BCUT2D eigenvalue weighted by molar-refractivity contribution is 0.0588. The minimum absolute atomic E-state index is 0.542. The van der Waals surface area contributed by atoms with Crippen LogP contribution in [0.4, 0.5) is 0 Å². The van der Waals surface area contributed by atoms with Gasteiger partial charge in [0.05, 0.1) is 0 Å². The highest BCUT2D eigenvalue weighted by Crippen LogP contribution is 2.38. The van der Waals surface area contributed by atoms with Crippen molar-refractivity contribution in [3.05, 3.63) is 0 Å². The van der Waals surface area contributed by atoms with Gasteiger partial charge in [0.15, 0.2) is 0 Å². The summed E-state index contributed by atoms with van der Waals surface area (Å²) in [6.45, 7) is 16.0. The Morgan fingerprint density at radius 3 is 2.28 bits per heavy atom. The molecule has 0 aromatic rings. The van der Waals surface area contributed by atoms with Crippen molar-refractivity contribution < 1.29 is 0 Å². The third-order valence-corrected chi connectivity index (χ3v) is 5.96. The van der Waals surface area contributed by atoms with Crippen LogP contribution in [0, 0.1) is 16.7 Å². The van der Waals surface area contributed by atoms with E-state index in [1.165, 1.54) is 58.4 Å². The molecule has 1 unspecified atom stereocenters. The van der Waals surface area contributed by atoms with Crippen LogP contribution in [0.2, 0.25) is 0 Å². The van der Waals surface area contributed by atoms with E-state index in [-0.39, 0.29) is 0 Å². The van der Waals surface area contributed by atoms with E-state index in [0.717, 1.165) is 5.92 Å². The number of piperidine rings is 1. The van der Waals surface area contributed by atoms with Crippen LogP contribution in [-0.4, -0.2) is 37.6 Å². The molecule has 0 amide bonds. The molecule has 2 rings (SSSR count). The predicted molar refractivity (Wildman–Crippen MR) is 78.8 cm³/mol. The van der Waals surface area contributed by atoms with Crippen molar-refractivity contribution in [3.8, 4) is 0 Å². The van der Waals surface area contributed by atoms with E-state index in [4.69, 9.17) is 0 Å². The number of rotatable bonds is 4. The SMILES string of the molecule is CCC1(C)CCN(CC2(C(C)C)CCNC2)CC1. The minimum atomic E-state index is 0.542. The molecule has 18 heavy (non-hydrogen) atoms. The molecular weight excluding hydrogens is 220 g/mol. The van der Waals surface area contributed by atoms with Gasteiger partial charge in [-0.3, -0.25) is 0 Å². The van der Waals surface area contributed by atoms with Crippen LogP contribution in [0.25, 0.3) is 0 Å². The second kappa shape index (κ2) is 5.50. The number of nitrogens with zero attached hydrogens (tertiary/aromatic N) is 1. The van der Waals surface area contributed by atoms with E-state index in [0.29, 0.717) is 10.8 Å². The molecule has 0 spiro atoms. The summed E-state index contributed by atoms with van der Waals surface area (Å²) in [6, 6.07) is 0. The largest absolute Gasteiger partial charge is 0.316 e. The maximum atomic E-state index is 3.58. The molecule has 1 atom stereocenters. The van der Waals surface area contributed by atoms with Crippen molar-refractivity contribution in [2.75, 3.05) is 32.7 Å². The third kappa shape index (κ3) is 2.91. The van der Waals surface area contributed by atoms with E-state index >= 15 is 0 Å². The minimum Gasteiger partial charge on any atom is -0.316 e. The Morgan fingerprint density at radius 2 is 1.83 bits per heavy atom. The second-order valence-electron chi connectivity index (χ2n) is 7.38. The number of likely N-dealkylation sites (tertiary alicyclic amines) is 1. The molecule has 2 saturated heterocycles. The van der Waals surface area contributed by atoms with Gasteiger partial charge in [0.2, 0.25) is 0 Å². The van der Waals surface area contributed by atoms with Gasteiger partial charge in [0.25, 0.3) is 0 Å². The van der Waals surface area contributed by atoms with E-state index in [9.17, 15) is 0 Å². The first-order chi connectivity index (χ1) is 8.50. The van der Waals surface area contributed by atoms with Crippen molar-refractivity contribution in [2.45, 2.75) is 53.4 Å². The molecule has 0 bridgehead atoms. The Labute approximate surface area is 114 Å². The molecule has 2 aliphatic rings. The monoisotopic (exact) mass is 252 g/mol. The fraction of sp³-hybridized carbons (Fsp3) is 1.00. The number of nitrogens with one attached hydrogen (secondary N) is 1. The summed E-state index contributed by atoms with van der Waals surface area (Å²) in [5, 5.41) is 3.58. The van der Waals surface area contributed by atoms with Crippen LogP contribution in [0.3, 0.4) is 0 Å². The molecule has 1 N–H and O–H groups in total. The Hall–Kier alpha value is -0.0800. The summed E-state index contributed by atoms with van der Waals surface area (Å²) >= 11 is 0. The lowest BCUT2D eigenvalue weighted by Gasteiger charge is -2.44. The van der Waals surface area contributed by atoms with Crippen molar-refractivity contribution >= 4 is 0 Å². The van der Waals surface area contributed by atoms with Gasteiger partial charge in [-0.2, -0.15) is 0 Å². The van der Waals surface area contributed by atoms with Gasteiger partial charge in [-0.15, -0.1) is 0 Å². The van der Waals surface area contributed by atoms with Crippen LogP contribution in [-0.2, 0) is 0 Å². The molecular formula is C16H32N2. The van der Waals surface area contributed by atoms with Gasteiger partial charge in [-0.05, 0) is 55.6 Å². The molecule has 0 radical (unpaired) electrons. The average molecular weight is 252 g/mol. The predicted octanol–water partition coefficient (Wildman–Crippen LogP) is 3.13. The summed E-state index contributed by atoms with van der Waals surface area (Å²) in [4.78, 5) is 2.74. The van der Waals surface area contributed by atoms with Gasteiger partial charge in [-0.1, -0.05) is 34.1 Å². The molecule has 2 heterocycles.